The molecular formula is C22H23N3O5S. The van der Waals surface area contributed by atoms with Crippen LogP contribution in [0.5, 0.6) is 0 Å². The Bertz CT molecular complexity index is 1250. The van der Waals surface area contributed by atoms with Crippen LogP contribution in [0.15, 0.2) is 60.7 Å². The zero-order chi connectivity index (χ0) is 22.8. The molecule has 0 aliphatic carbocycles. The lowest BCUT2D eigenvalue weighted by molar-refractivity contribution is -0.384. The molecule has 1 amide bonds. The monoisotopic (exact) mass is 441 g/mol. The van der Waals surface area contributed by atoms with Crippen molar-refractivity contribution in [1.29, 1.82) is 0 Å². The molecule has 3 aromatic carbocycles. The molecule has 0 aliphatic heterocycles. The summed E-state index contributed by atoms with van der Waals surface area (Å²) in [5.41, 5.74) is 0.924. The number of sulfonamides is 1. The highest BCUT2D eigenvalue weighted by atomic mass is 32.2. The van der Waals surface area contributed by atoms with E-state index in [4.69, 9.17) is 0 Å². The lowest BCUT2D eigenvalue weighted by Crippen LogP contribution is -2.47. The number of nitro benzene ring substituents is 1. The Labute approximate surface area is 180 Å². The molecule has 3 rings (SSSR count). The highest BCUT2D eigenvalue weighted by Gasteiger charge is 2.33. The number of carbonyl (C=O) groups excluding carboxylic acids is 1. The normalized spacial score (nSPS) is 12.4. The number of hydrogen-bond acceptors (Lipinski definition) is 5. The van der Waals surface area contributed by atoms with Crippen molar-refractivity contribution in [3.8, 4) is 0 Å². The Morgan fingerprint density at radius 1 is 1.13 bits per heavy atom. The molecule has 0 radical (unpaired) electrons. The van der Waals surface area contributed by atoms with Gasteiger partial charge in [-0.1, -0.05) is 49.4 Å². The molecule has 1 N–H and O–H groups in total. The third-order valence-corrected chi connectivity index (χ3v) is 6.18. The van der Waals surface area contributed by atoms with E-state index in [1.807, 2.05) is 30.3 Å². The van der Waals surface area contributed by atoms with Crippen LogP contribution in [0.4, 0.5) is 17.1 Å². The van der Waals surface area contributed by atoms with E-state index in [0.29, 0.717) is 11.3 Å². The first-order valence-electron chi connectivity index (χ1n) is 9.66. The van der Waals surface area contributed by atoms with Crippen molar-refractivity contribution in [2.75, 3.05) is 15.9 Å². The third kappa shape index (κ3) is 4.66. The van der Waals surface area contributed by atoms with E-state index in [-0.39, 0.29) is 17.8 Å². The Kier molecular flexibility index (Phi) is 6.26. The van der Waals surface area contributed by atoms with Gasteiger partial charge in [0.1, 0.15) is 6.04 Å². The van der Waals surface area contributed by atoms with Crippen molar-refractivity contribution in [2.24, 2.45) is 0 Å². The van der Waals surface area contributed by atoms with Gasteiger partial charge in [-0.2, -0.15) is 0 Å². The minimum absolute atomic E-state index is 0.108. The van der Waals surface area contributed by atoms with E-state index in [9.17, 15) is 23.3 Å². The number of fused-ring (bicyclic) bond motifs is 1. The molecule has 9 heteroatoms. The van der Waals surface area contributed by atoms with Gasteiger partial charge in [0, 0.05) is 23.2 Å². The van der Waals surface area contributed by atoms with Crippen LogP contribution in [0.3, 0.4) is 0 Å². The fourth-order valence-corrected chi connectivity index (χ4v) is 4.80. The van der Waals surface area contributed by atoms with Crippen LogP contribution in [0.2, 0.25) is 0 Å². The van der Waals surface area contributed by atoms with Gasteiger partial charge >= 0.3 is 0 Å². The van der Waals surface area contributed by atoms with Crippen LogP contribution < -0.4 is 9.62 Å². The van der Waals surface area contributed by atoms with Crippen LogP contribution >= 0.6 is 0 Å². The Balaban J connectivity index is 2.05. The number of rotatable bonds is 7. The number of aryl methyl sites for hydroxylation is 1. The number of nitrogens with zero attached hydrogens (tertiary/aromatic N) is 2. The summed E-state index contributed by atoms with van der Waals surface area (Å²) in [7, 11) is -3.92. The van der Waals surface area contributed by atoms with E-state index in [1.54, 1.807) is 26.0 Å². The maximum atomic E-state index is 13.2. The van der Waals surface area contributed by atoms with Crippen LogP contribution in [0, 0.1) is 17.0 Å². The van der Waals surface area contributed by atoms with Gasteiger partial charge < -0.3 is 5.32 Å². The molecule has 31 heavy (non-hydrogen) atoms. The first-order valence-corrected chi connectivity index (χ1v) is 11.5. The maximum Gasteiger partial charge on any atom is 0.271 e. The first-order chi connectivity index (χ1) is 14.6. The number of benzene rings is 3. The van der Waals surface area contributed by atoms with Crippen LogP contribution in [0.25, 0.3) is 10.8 Å². The summed E-state index contributed by atoms with van der Waals surface area (Å²) >= 11 is 0. The first kappa shape index (κ1) is 22.2. The zero-order valence-electron chi connectivity index (χ0n) is 17.4. The number of non-ortho nitro benzene ring substituents is 1. The average molecular weight is 442 g/mol. The van der Waals surface area contributed by atoms with Crippen LogP contribution in [0.1, 0.15) is 18.9 Å². The molecule has 0 saturated carbocycles. The van der Waals surface area contributed by atoms with Gasteiger partial charge in [-0.15, -0.1) is 0 Å². The fraction of sp³-hybridized carbons (Fsp3) is 0.227. The number of hydrogen-bond donors (Lipinski definition) is 1. The molecule has 0 bridgehead atoms. The van der Waals surface area contributed by atoms with Crippen molar-refractivity contribution in [3.05, 3.63) is 76.3 Å². The second kappa shape index (κ2) is 8.73. The summed E-state index contributed by atoms with van der Waals surface area (Å²) in [6.07, 6.45) is 1.16. The lowest BCUT2D eigenvalue weighted by Gasteiger charge is -2.31. The summed E-state index contributed by atoms with van der Waals surface area (Å²) < 4.78 is 26.4. The fourth-order valence-electron chi connectivity index (χ4n) is 3.53. The molecule has 0 heterocycles. The number of carbonyl (C=O) groups is 1. The predicted molar refractivity (Wildman–Crippen MR) is 122 cm³/mol. The highest BCUT2D eigenvalue weighted by molar-refractivity contribution is 7.92. The van der Waals surface area contributed by atoms with E-state index < -0.39 is 26.9 Å². The number of amides is 1. The van der Waals surface area contributed by atoms with Gasteiger partial charge in [-0.3, -0.25) is 19.2 Å². The van der Waals surface area contributed by atoms with E-state index in [2.05, 4.69) is 5.32 Å². The third-order valence-electron chi connectivity index (χ3n) is 5.02. The molecule has 162 valence electrons. The summed E-state index contributed by atoms with van der Waals surface area (Å²) in [5.74, 6) is -0.518. The van der Waals surface area contributed by atoms with Crippen LogP contribution in [-0.4, -0.2) is 31.5 Å². The molecule has 0 aromatic heterocycles. The largest absolute Gasteiger partial charge is 0.324 e. The molecule has 0 aliphatic rings. The average Bonchev–Trinajstić information content (AvgIpc) is 2.71. The molecule has 0 fully saturated rings. The molecule has 3 aromatic rings. The molecule has 8 nitrogen and oxygen atoms in total. The number of anilines is 2. The minimum atomic E-state index is -3.92. The predicted octanol–water partition coefficient (Wildman–Crippen LogP) is 4.24. The highest BCUT2D eigenvalue weighted by Crippen LogP contribution is 2.31. The second-order valence-electron chi connectivity index (χ2n) is 7.23. The number of nitrogens with one attached hydrogen (secondary N) is 1. The molecule has 0 unspecified atom stereocenters. The van der Waals surface area contributed by atoms with Gasteiger partial charge in [-0.25, -0.2) is 8.42 Å². The second-order valence-corrected chi connectivity index (χ2v) is 9.09. The van der Waals surface area contributed by atoms with Crippen molar-refractivity contribution in [3.63, 3.8) is 0 Å². The molecular weight excluding hydrogens is 418 g/mol. The topological polar surface area (TPSA) is 110 Å². The van der Waals surface area contributed by atoms with Gasteiger partial charge in [0.2, 0.25) is 15.9 Å². The van der Waals surface area contributed by atoms with Crippen LogP contribution in [-0.2, 0) is 14.8 Å². The summed E-state index contributed by atoms with van der Waals surface area (Å²) in [6, 6.07) is 15.9. The van der Waals surface area contributed by atoms with Crippen molar-refractivity contribution < 1.29 is 18.1 Å². The maximum absolute atomic E-state index is 13.2. The van der Waals surface area contributed by atoms with Gasteiger partial charge in [0.05, 0.1) is 16.9 Å². The Morgan fingerprint density at radius 2 is 1.81 bits per heavy atom. The van der Waals surface area contributed by atoms with Crippen molar-refractivity contribution in [1.82, 2.24) is 0 Å². The lowest BCUT2D eigenvalue weighted by atomic mass is 10.1. The zero-order valence-corrected chi connectivity index (χ0v) is 18.2. The van der Waals surface area contributed by atoms with Gasteiger partial charge in [-0.05, 0) is 30.4 Å². The number of nitro groups is 1. The van der Waals surface area contributed by atoms with Crippen molar-refractivity contribution >= 4 is 43.8 Å². The SMILES string of the molecule is CC[C@@H](C(=O)Nc1cccc2ccccc12)N(c1cc([N+](=O)[O-])ccc1C)S(C)(=O)=O. The van der Waals surface area contributed by atoms with Crippen molar-refractivity contribution in [2.45, 2.75) is 26.3 Å². The van der Waals surface area contributed by atoms with E-state index in [1.165, 1.54) is 18.2 Å². The standard InChI is InChI=1S/C22H23N3O5S/c1-4-20(22(26)23-19-11-7-9-16-8-5-6-10-18(16)19)24(31(3,29)30)21-14-17(25(27)28)13-12-15(21)2/h5-14,20H,4H2,1-3H3,(H,23,26)/t20-/m0/s1. The smallest absolute Gasteiger partial charge is 0.271 e. The van der Waals surface area contributed by atoms with Gasteiger partial charge in [0.25, 0.3) is 5.69 Å². The Hall–Kier alpha value is -3.46. The summed E-state index contributed by atoms with van der Waals surface area (Å²) in [5, 5.41) is 15.8. The van der Waals surface area contributed by atoms with E-state index >= 15 is 0 Å². The quantitative estimate of drug-likeness (QED) is 0.436. The Morgan fingerprint density at radius 3 is 2.45 bits per heavy atom. The minimum Gasteiger partial charge on any atom is -0.324 e. The summed E-state index contributed by atoms with van der Waals surface area (Å²) in [6.45, 7) is 3.34. The summed E-state index contributed by atoms with van der Waals surface area (Å²) in [4.78, 5) is 23.9. The van der Waals surface area contributed by atoms with E-state index in [0.717, 1.165) is 21.3 Å². The molecule has 1 atom stereocenters. The van der Waals surface area contributed by atoms with Gasteiger partial charge in [0.15, 0.2) is 0 Å². The molecule has 0 saturated heterocycles. The molecule has 0 spiro atoms.